The molecule has 1 saturated carbocycles. The Morgan fingerprint density at radius 3 is 2.35 bits per heavy atom. The molecule has 168 valence electrons. The minimum Gasteiger partial charge on any atom is -0.440 e. The van der Waals surface area contributed by atoms with Crippen molar-refractivity contribution in [1.82, 2.24) is 14.7 Å². The third-order valence-electron chi connectivity index (χ3n) is 7.13. The van der Waals surface area contributed by atoms with Gasteiger partial charge in [0.15, 0.2) is 0 Å². The predicted molar refractivity (Wildman–Crippen MR) is 105 cm³/mol. The van der Waals surface area contributed by atoms with E-state index in [1.165, 1.54) is 12.1 Å². The smallest absolute Gasteiger partial charge is 0.416 e. The molecule has 1 unspecified atom stereocenters. The second-order valence-electron chi connectivity index (χ2n) is 9.17. The average Bonchev–Trinajstić information content (AvgIpc) is 3.55. The molecule has 31 heavy (non-hydrogen) atoms. The van der Waals surface area contributed by atoms with Crippen molar-refractivity contribution in [3.8, 4) is 0 Å². The number of likely N-dealkylation sites (tertiary alicyclic amines) is 1. The Kier molecular flexibility index (Phi) is 4.91. The highest BCUT2D eigenvalue weighted by atomic mass is 19.4. The molecule has 1 atom stereocenters. The first kappa shape index (κ1) is 20.6. The molecular weight excluding hydrogens is 411 g/mol. The van der Waals surface area contributed by atoms with Crippen LogP contribution in [0.2, 0.25) is 0 Å². The van der Waals surface area contributed by atoms with Crippen LogP contribution in [0, 0.1) is 5.92 Å². The van der Waals surface area contributed by atoms with Gasteiger partial charge in [-0.2, -0.15) is 13.2 Å². The Labute approximate surface area is 178 Å². The van der Waals surface area contributed by atoms with E-state index in [1.54, 1.807) is 4.90 Å². The molecule has 3 saturated heterocycles. The second-order valence-corrected chi connectivity index (χ2v) is 9.17. The monoisotopic (exact) mass is 437 g/mol. The number of benzene rings is 1. The SMILES string of the molecule is O=C(C1CC1)N1CCC2(CC1)OC(=O)N1CCN(Cc3ccc(C(F)(F)F)cc3)CC12. The summed E-state index contributed by atoms with van der Waals surface area (Å²) in [5.74, 6) is 0.411. The lowest BCUT2D eigenvalue weighted by molar-refractivity contribution is -0.138. The number of halogens is 3. The Balaban J connectivity index is 1.25. The molecule has 4 aliphatic rings. The van der Waals surface area contributed by atoms with E-state index in [9.17, 15) is 22.8 Å². The Morgan fingerprint density at radius 1 is 1.06 bits per heavy atom. The summed E-state index contributed by atoms with van der Waals surface area (Å²) in [4.78, 5) is 30.8. The van der Waals surface area contributed by atoms with Gasteiger partial charge in [-0.25, -0.2) is 4.79 Å². The molecular formula is C22H26F3N3O3. The topological polar surface area (TPSA) is 53.1 Å². The first-order chi connectivity index (χ1) is 14.7. The van der Waals surface area contributed by atoms with Gasteiger partial charge in [0.05, 0.1) is 11.6 Å². The fourth-order valence-electron chi connectivity index (χ4n) is 5.14. The fraction of sp³-hybridized carbons (Fsp3) is 0.636. The largest absolute Gasteiger partial charge is 0.440 e. The van der Waals surface area contributed by atoms with Crippen LogP contribution in [0.1, 0.15) is 36.8 Å². The van der Waals surface area contributed by atoms with E-state index in [4.69, 9.17) is 4.74 Å². The lowest BCUT2D eigenvalue weighted by atomic mass is 9.83. The number of hydrogen-bond acceptors (Lipinski definition) is 4. The molecule has 4 fully saturated rings. The number of alkyl halides is 3. The highest BCUT2D eigenvalue weighted by Gasteiger charge is 2.57. The summed E-state index contributed by atoms with van der Waals surface area (Å²) in [6.45, 7) is 3.53. The van der Waals surface area contributed by atoms with Gasteiger partial charge < -0.3 is 9.64 Å². The van der Waals surface area contributed by atoms with Gasteiger partial charge in [0.1, 0.15) is 5.60 Å². The van der Waals surface area contributed by atoms with Gasteiger partial charge in [0, 0.05) is 58.0 Å². The first-order valence-electron chi connectivity index (χ1n) is 10.9. The van der Waals surface area contributed by atoms with E-state index < -0.39 is 17.3 Å². The molecule has 1 aromatic rings. The number of amides is 2. The fourth-order valence-corrected chi connectivity index (χ4v) is 5.14. The van der Waals surface area contributed by atoms with Crippen molar-refractivity contribution in [2.75, 3.05) is 32.7 Å². The highest BCUT2D eigenvalue weighted by Crippen LogP contribution is 2.42. The zero-order valence-corrected chi connectivity index (χ0v) is 17.2. The third kappa shape index (κ3) is 3.88. The molecule has 5 rings (SSSR count). The normalized spacial score (nSPS) is 26.2. The molecule has 1 aromatic carbocycles. The molecule has 1 aliphatic carbocycles. The highest BCUT2D eigenvalue weighted by molar-refractivity contribution is 5.81. The summed E-state index contributed by atoms with van der Waals surface area (Å²) in [5.41, 5.74) is -0.427. The number of carbonyl (C=O) groups excluding carboxylic acids is 2. The lowest BCUT2D eigenvalue weighted by Gasteiger charge is -2.45. The van der Waals surface area contributed by atoms with Crippen molar-refractivity contribution in [3.63, 3.8) is 0 Å². The van der Waals surface area contributed by atoms with Crippen LogP contribution in [0.3, 0.4) is 0 Å². The van der Waals surface area contributed by atoms with Crippen LogP contribution < -0.4 is 0 Å². The van der Waals surface area contributed by atoms with Crippen LogP contribution >= 0.6 is 0 Å². The summed E-state index contributed by atoms with van der Waals surface area (Å²) in [7, 11) is 0. The van der Waals surface area contributed by atoms with Gasteiger partial charge in [-0.3, -0.25) is 14.6 Å². The average molecular weight is 437 g/mol. The van der Waals surface area contributed by atoms with Crippen LogP contribution in [0.15, 0.2) is 24.3 Å². The maximum absolute atomic E-state index is 12.8. The number of hydrogen-bond donors (Lipinski definition) is 0. The molecule has 2 amide bonds. The van der Waals surface area contributed by atoms with Gasteiger partial charge in [-0.15, -0.1) is 0 Å². The number of carbonyl (C=O) groups is 2. The lowest BCUT2D eigenvalue weighted by Crippen LogP contribution is -2.60. The maximum atomic E-state index is 12.8. The molecule has 6 nitrogen and oxygen atoms in total. The van der Waals surface area contributed by atoms with Gasteiger partial charge in [0.25, 0.3) is 0 Å². The zero-order valence-electron chi connectivity index (χ0n) is 17.2. The molecule has 0 radical (unpaired) electrons. The number of piperazine rings is 1. The van der Waals surface area contributed by atoms with Gasteiger partial charge >= 0.3 is 12.3 Å². The number of rotatable bonds is 3. The van der Waals surface area contributed by atoms with E-state index in [-0.39, 0.29) is 24.0 Å². The second kappa shape index (κ2) is 7.39. The molecule has 9 heteroatoms. The summed E-state index contributed by atoms with van der Waals surface area (Å²) in [6, 6.07) is 5.16. The molecule has 0 aromatic heterocycles. The van der Waals surface area contributed by atoms with E-state index in [0.29, 0.717) is 52.1 Å². The molecule has 3 aliphatic heterocycles. The zero-order chi connectivity index (χ0) is 21.8. The number of ether oxygens (including phenoxy) is 1. The van der Waals surface area contributed by atoms with Crippen LogP contribution in [0.25, 0.3) is 0 Å². The van der Waals surface area contributed by atoms with Crippen molar-refractivity contribution < 1.29 is 27.5 Å². The van der Waals surface area contributed by atoms with Crippen molar-refractivity contribution >= 4 is 12.0 Å². The van der Waals surface area contributed by atoms with E-state index in [2.05, 4.69) is 4.90 Å². The Morgan fingerprint density at radius 2 is 1.74 bits per heavy atom. The van der Waals surface area contributed by atoms with Gasteiger partial charge in [-0.1, -0.05) is 12.1 Å². The molecule has 0 bridgehead atoms. The summed E-state index contributed by atoms with van der Waals surface area (Å²) in [5, 5.41) is 0. The predicted octanol–water partition coefficient (Wildman–Crippen LogP) is 3.11. The van der Waals surface area contributed by atoms with Crippen LogP contribution in [0.4, 0.5) is 18.0 Å². The number of nitrogens with zero attached hydrogens (tertiary/aromatic N) is 3. The summed E-state index contributed by atoms with van der Waals surface area (Å²) in [6.07, 6.45) is -1.41. The standard InChI is InChI=1S/C22H26F3N3O3/c23-22(24,25)17-5-1-15(2-6-17)13-26-11-12-28-18(14-26)21(31-20(28)30)7-9-27(10-8-21)19(29)16-3-4-16/h1-2,5-6,16,18H,3-4,7-14H2. The first-order valence-corrected chi connectivity index (χ1v) is 10.9. The van der Waals surface area contributed by atoms with E-state index >= 15 is 0 Å². The third-order valence-corrected chi connectivity index (χ3v) is 7.13. The maximum Gasteiger partial charge on any atom is 0.416 e. The van der Waals surface area contributed by atoms with Gasteiger partial charge in [-0.05, 0) is 30.5 Å². The summed E-state index contributed by atoms with van der Waals surface area (Å²) < 4.78 is 44.3. The van der Waals surface area contributed by atoms with E-state index in [1.807, 2.05) is 4.90 Å². The molecule has 3 heterocycles. The van der Waals surface area contributed by atoms with Crippen molar-refractivity contribution in [3.05, 3.63) is 35.4 Å². The minimum atomic E-state index is -4.34. The minimum absolute atomic E-state index is 0.0959. The Hall–Kier alpha value is -2.29. The van der Waals surface area contributed by atoms with Crippen molar-refractivity contribution in [2.24, 2.45) is 5.92 Å². The van der Waals surface area contributed by atoms with E-state index in [0.717, 1.165) is 30.5 Å². The summed E-state index contributed by atoms with van der Waals surface area (Å²) >= 11 is 0. The van der Waals surface area contributed by atoms with Gasteiger partial charge in [0.2, 0.25) is 5.91 Å². The van der Waals surface area contributed by atoms with Crippen molar-refractivity contribution in [2.45, 2.75) is 50.0 Å². The van der Waals surface area contributed by atoms with Crippen LogP contribution in [-0.4, -0.2) is 71.1 Å². The quantitative estimate of drug-likeness (QED) is 0.729. The van der Waals surface area contributed by atoms with Crippen LogP contribution in [0.5, 0.6) is 0 Å². The number of fused-ring (bicyclic) bond motifs is 2. The Bertz CT molecular complexity index is 861. The van der Waals surface area contributed by atoms with Crippen LogP contribution in [-0.2, 0) is 22.3 Å². The molecule has 0 N–H and O–H groups in total. The van der Waals surface area contributed by atoms with Crippen molar-refractivity contribution in [1.29, 1.82) is 0 Å². The molecule has 1 spiro atoms. The number of piperidine rings is 1.